The molecule has 1 N–H and O–H groups in total. The van der Waals surface area contributed by atoms with Crippen molar-refractivity contribution in [3.8, 4) is 0 Å². The predicted octanol–water partition coefficient (Wildman–Crippen LogP) is 0.133. The minimum absolute atomic E-state index is 0.0541. The van der Waals surface area contributed by atoms with E-state index in [-0.39, 0.29) is 37.1 Å². The number of hydrogen-bond donors (Lipinski definition) is 1. The van der Waals surface area contributed by atoms with Crippen molar-refractivity contribution in [3.63, 3.8) is 0 Å². The number of aliphatic carboxylic acids is 1. The van der Waals surface area contributed by atoms with Crippen LogP contribution in [0.3, 0.4) is 0 Å². The van der Waals surface area contributed by atoms with Crippen molar-refractivity contribution in [2.45, 2.75) is 32.7 Å². The molecule has 1 amide bonds. The quantitative estimate of drug-likeness (QED) is 0.706. The summed E-state index contributed by atoms with van der Waals surface area (Å²) in [5, 5.41) is 8.65. The van der Waals surface area contributed by atoms with Crippen molar-refractivity contribution < 1.29 is 23.1 Å². The van der Waals surface area contributed by atoms with E-state index >= 15 is 0 Å². The Morgan fingerprint density at radius 1 is 1.29 bits per heavy atom. The van der Waals surface area contributed by atoms with Gasteiger partial charge in [0.25, 0.3) is 0 Å². The van der Waals surface area contributed by atoms with E-state index in [0.717, 1.165) is 6.26 Å². The lowest BCUT2D eigenvalue weighted by Gasteiger charge is -2.24. The van der Waals surface area contributed by atoms with Crippen molar-refractivity contribution >= 4 is 21.7 Å². The van der Waals surface area contributed by atoms with Crippen molar-refractivity contribution in [3.05, 3.63) is 0 Å². The Labute approximate surface area is 102 Å². The van der Waals surface area contributed by atoms with Crippen molar-refractivity contribution in [1.29, 1.82) is 0 Å². The number of rotatable bonds is 7. The molecule has 17 heavy (non-hydrogen) atoms. The van der Waals surface area contributed by atoms with Crippen molar-refractivity contribution in [2.75, 3.05) is 18.6 Å². The molecule has 0 fully saturated rings. The molecule has 0 aliphatic carbocycles. The largest absolute Gasteiger partial charge is 0.480 e. The average Bonchev–Trinajstić information content (AvgIpc) is 2.11. The molecule has 0 aliphatic heterocycles. The van der Waals surface area contributed by atoms with E-state index in [4.69, 9.17) is 5.11 Å². The van der Waals surface area contributed by atoms with Gasteiger partial charge in [-0.3, -0.25) is 9.59 Å². The summed E-state index contributed by atoms with van der Waals surface area (Å²) in [6.45, 7) is 3.09. The van der Waals surface area contributed by atoms with E-state index in [9.17, 15) is 18.0 Å². The van der Waals surface area contributed by atoms with Gasteiger partial charge in [-0.25, -0.2) is 8.42 Å². The summed E-state index contributed by atoms with van der Waals surface area (Å²) >= 11 is 0. The third-order valence-electron chi connectivity index (χ3n) is 2.16. The van der Waals surface area contributed by atoms with Crippen LogP contribution >= 0.6 is 0 Å². The fourth-order valence-electron chi connectivity index (χ4n) is 1.33. The maximum absolute atomic E-state index is 11.7. The molecule has 0 unspecified atom stereocenters. The van der Waals surface area contributed by atoms with Crippen LogP contribution in [-0.4, -0.2) is 54.9 Å². The number of hydrogen-bond acceptors (Lipinski definition) is 4. The maximum atomic E-state index is 11.7. The molecule has 0 rings (SSSR count). The number of carboxylic acids is 1. The first kappa shape index (κ1) is 15.9. The van der Waals surface area contributed by atoms with Crippen LogP contribution in [0.5, 0.6) is 0 Å². The second kappa shape index (κ2) is 6.58. The van der Waals surface area contributed by atoms with Crippen molar-refractivity contribution in [2.24, 2.45) is 0 Å². The van der Waals surface area contributed by atoms with E-state index < -0.39 is 15.8 Å². The van der Waals surface area contributed by atoms with E-state index in [0.29, 0.717) is 0 Å². The summed E-state index contributed by atoms with van der Waals surface area (Å²) in [5.41, 5.74) is 0. The van der Waals surface area contributed by atoms with Crippen LogP contribution < -0.4 is 0 Å². The van der Waals surface area contributed by atoms with Crippen LogP contribution in [-0.2, 0) is 19.4 Å². The van der Waals surface area contributed by atoms with Gasteiger partial charge < -0.3 is 10.0 Å². The summed E-state index contributed by atoms with van der Waals surface area (Å²) in [5.74, 6) is -1.46. The molecule has 0 bridgehead atoms. The zero-order chi connectivity index (χ0) is 13.6. The molecule has 0 aliphatic rings. The lowest BCUT2D eigenvalue weighted by molar-refractivity contribution is -0.145. The summed E-state index contributed by atoms with van der Waals surface area (Å²) < 4.78 is 21.8. The number of carbonyl (C=O) groups is 2. The lowest BCUT2D eigenvalue weighted by atomic mass is 10.2. The maximum Gasteiger partial charge on any atom is 0.323 e. The Kier molecular flexibility index (Phi) is 6.15. The summed E-state index contributed by atoms with van der Waals surface area (Å²) in [7, 11) is -3.08. The number of carboxylic acid groups (broad SMARTS) is 1. The van der Waals surface area contributed by atoms with Crippen molar-refractivity contribution in [1.82, 2.24) is 4.90 Å². The first-order valence-corrected chi connectivity index (χ1v) is 7.38. The molecule has 7 heteroatoms. The first-order chi connectivity index (χ1) is 7.63. The number of carbonyl (C=O) groups excluding carboxylic acids is 1. The predicted molar refractivity (Wildman–Crippen MR) is 63.4 cm³/mol. The van der Waals surface area contributed by atoms with Gasteiger partial charge in [0.15, 0.2) is 0 Å². The third kappa shape index (κ3) is 7.73. The van der Waals surface area contributed by atoms with Crippen LogP contribution in [0.15, 0.2) is 0 Å². The molecular weight excluding hydrogens is 246 g/mol. The molecule has 0 atom stereocenters. The number of sulfone groups is 1. The SMILES string of the molecule is CC(C)N(CC(=O)O)C(=O)CCCS(C)(=O)=O. The zero-order valence-electron chi connectivity index (χ0n) is 10.3. The highest BCUT2D eigenvalue weighted by Crippen LogP contribution is 2.04. The van der Waals surface area contributed by atoms with Gasteiger partial charge in [0.05, 0.1) is 5.75 Å². The molecule has 0 aromatic rings. The molecule has 0 saturated heterocycles. The van der Waals surface area contributed by atoms with Gasteiger partial charge in [0.2, 0.25) is 5.91 Å². The Morgan fingerprint density at radius 3 is 2.18 bits per heavy atom. The lowest BCUT2D eigenvalue weighted by Crippen LogP contribution is -2.40. The molecule has 0 spiro atoms. The highest BCUT2D eigenvalue weighted by molar-refractivity contribution is 7.90. The van der Waals surface area contributed by atoms with E-state index in [1.54, 1.807) is 13.8 Å². The van der Waals surface area contributed by atoms with E-state index in [2.05, 4.69) is 0 Å². The van der Waals surface area contributed by atoms with Crippen LogP contribution in [0.25, 0.3) is 0 Å². The summed E-state index contributed by atoms with van der Waals surface area (Å²) in [6.07, 6.45) is 1.38. The molecule has 0 aromatic heterocycles. The number of nitrogens with zero attached hydrogens (tertiary/aromatic N) is 1. The Balaban J connectivity index is 4.29. The second-order valence-electron chi connectivity index (χ2n) is 4.24. The van der Waals surface area contributed by atoms with Crippen LogP contribution in [0.4, 0.5) is 0 Å². The minimum atomic E-state index is -3.08. The van der Waals surface area contributed by atoms with Gasteiger partial charge in [-0.15, -0.1) is 0 Å². The van der Waals surface area contributed by atoms with Crippen LogP contribution in [0.2, 0.25) is 0 Å². The highest BCUT2D eigenvalue weighted by atomic mass is 32.2. The average molecular weight is 265 g/mol. The summed E-state index contributed by atoms with van der Waals surface area (Å²) in [4.78, 5) is 23.5. The molecule has 0 aromatic carbocycles. The first-order valence-electron chi connectivity index (χ1n) is 5.32. The van der Waals surface area contributed by atoms with Gasteiger partial charge in [-0.1, -0.05) is 0 Å². The van der Waals surface area contributed by atoms with Crippen LogP contribution in [0.1, 0.15) is 26.7 Å². The standard InChI is InChI=1S/C10H19NO5S/c1-8(2)11(7-10(13)14)9(12)5-4-6-17(3,15)16/h8H,4-7H2,1-3H3,(H,13,14). The number of amides is 1. The monoisotopic (exact) mass is 265 g/mol. The van der Waals surface area contributed by atoms with Gasteiger partial charge in [0, 0.05) is 18.7 Å². The normalized spacial score (nSPS) is 11.5. The van der Waals surface area contributed by atoms with E-state index in [1.807, 2.05) is 0 Å². The molecule has 0 radical (unpaired) electrons. The zero-order valence-corrected chi connectivity index (χ0v) is 11.2. The second-order valence-corrected chi connectivity index (χ2v) is 6.50. The van der Waals surface area contributed by atoms with Gasteiger partial charge in [-0.2, -0.15) is 0 Å². The topological polar surface area (TPSA) is 91.8 Å². The Hall–Kier alpha value is -1.11. The fourth-order valence-corrected chi connectivity index (χ4v) is 2.00. The minimum Gasteiger partial charge on any atom is -0.480 e. The Bertz CT molecular complexity index is 374. The molecule has 0 heterocycles. The van der Waals surface area contributed by atoms with E-state index in [1.165, 1.54) is 4.90 Å². The van der Waals surface area contributed by atoms with Gasteiger partial charge >= 0.3 is 5.97 Å². The third-order valence-corrected chi connectivity index (χ3v) is 3.19. The molecule has 0 saturated carbocycles. The Morgan fingerprint density at radius 2 is 1.82 bits per heavy atom. The molecule has 6 nitrogen and oxygen atoms in total. The molecular formula is C10H19NO5S. The van der Waals surface area contributed by atoms with Crippen LogP contribution in [0, 0.1) is 0 Å². The smallest absolute Gasteiger partial charge is 0.323 e. The van der Waals surface area contributed by atoms with Gasteiger partial charge in [-0.05, 0) is 20.3 Å². The summed E-state index contributed by atoms with van der Waals surface area (Å²) in [6, 6.07) is -0.211. The highest BCUT2D eigenvalue weighted by Gasteiger charge is 2.19. The molecule has 100 valence electrons. The fraction of sp³-hybridized carbons (Fsp3) is 0.800. The van der Waals surface area contributed by atoms with Gasteiger partial charge in [0.1, 0.15) is 16.4 Å².